The van der Waals surface area contributed by atoms with Crippen molar-refractivity contribution in [3.8, 4) is 0 Å². The number of carboxylic acid groups (broad SMARTS) is 1. The number of carbonyl (C=O) groups is 2. The van der Waals surface area contributed by atoms with E-state index in [-0.39, 0.29) is 24.8 Å². The Kier molecular flexibility index (Phi) is 6.65. The maximum absolute atomic E-state index is 13.4. The molecule has 1 aromatic rings. The molecule has 2 amide bonds. The van der Waals surface area contributed by atoms with Crippen LogP contribution in [0, 0.1) is 11.7 Å². The van der Waals surface area contributed by atoms with E-state index in [1.807, 2.05) is 13.8 Å². The second-order valence-electron chi connectivity index (χ2n) is 5.24. The molecule has 1 aromatic carbocycles. The van der Waals surface area contributed by atoms with E-state index >= 15 is 0 Å². The predicted molar refractivity (Wildman–Crippen MR) is 77.5 cm³/mol. The van der Waals surface area contributed by atoms with Gasteiger partial charge in [-0.1, -0.05) is 32.0 Å². The molecule has 0 aliphatic rings. The molecule has 0 saturated carbocycles. The summed E-state index contributed by atoms with van der Waals surface area (Å²) in [6, 6.07) is 5.92. The molecule has 6 heteroatoms. The van der Waals surface area contributed by atoms with Crippen molar-refractivity contribution in [2.24, 2.45) is 5.92 Å². The van der Waals surface area contributed by atoms with Crippen LogP contribution in [0.4, 0.5) is 9.18 Å². The van der Waals surface area contributed by atoms with E-state index < -0.39 is 12.0 Å². The Bertz CT molecular complexity index is 492. The Morgan fingerprint density at radius 1 is 1.33 bits per heavy atom. The molecule has 0 aliphatic heterocycles. The van der Waals surface area contributed by atoms with Gasteiger partial charge in [0.1, 0.15) is 12.4 Å². The third-order valence-corrected chi connectivity index (χ3v) is 2.83. The summed E-state index contributed by atoms with van der Waals surface area (Å²) in [6.45, 7) is 4.08. The van der Waals surface area contributed by atoms with Crippen LogP contribution in [0.5, 0.6) is 0 Å². The highest BCUT2D eigenvalue weighted by atomic mass is 19.1. The molecule has 0 heterocycles. The van der Waals surface area contributed by atoms with E-state index in [1.54, 1.807) is 18.2 Å². The summed E-state index contributed by atoms with van der Waals surface area (Å²) in [4.78, 5) is 24.0. The van der Waals surface area contributed by atoms with Crippen molar-refractivity contribution in [2.45, 2.75) is 20.3 Å². The van der Waals surface area contributed by atoms with Gasteiger partial charge in [-0.25, -0.2) is 9.18 Å². The number of amides is 2. The summed E-state index contributed by atoms with van der Waals surface area (Å²) in [5.41, 5.74) is 0.520. The highest BCUT2D eigenvalue weighted by Crippen LogP contribution is 2.06. The van der Waals surface area contributed by atoms with Gasteiger partial charge in [-0.3, -0.25) is 4.79 Å². The van der Waals surface area contributed by atoms with Crippen molar-refractivity contribution >= 4 is 12.0 Å². The van der Waals surface area contributed by atoms with Gasteiger partial charge in [-0.2, -0.15) is 0 Å². The molecular weight excluding hydrogens is 275 g/mol. The van der Waals surface area contributed by atoms with Crippen molar-refractivity contribution in [2.75, 3.05) is 19.6 Å². The van der Waals surface area contributed by atoms with E-state index in [9.17, 15) is 14.0 Å². The zero-order valence-corrected chi connectivity index (χ0v) is 12.3. The van der Waals surface area contributed by atoms with Crippen LogP contribution < -0.4 is 5.32 Å². The number of carboxylic acids is 1. The van der Waals surface area contributed by atoms with Crippen LogP contribution in [-0.2, 0) is 11.2 Å². The smallest absolute Gasteiger partial charge is 0.323 e. The molecule has 0 saturated heterocycles. The quantitative estimate of drug-likeness (QED) is 0.809. The molecule has 0 spiro atoms. The minimum Gasteiger partial charge on any atom is -0.480 e. The molecule has 21 heavy (non-hydrogen) atoms. The van der Waals surface area contributed by atoms with Gasteiger partial charge in [-0.15, -0.1) is 0 Å². The number of benzene rings is 1. The minimum absolute atomic E-state index is 0.168. The number of nitrogens with one attached hydrogen (secondary N) is 1. The number of hydrogen-bond acceptors (Lipinski definition) is 2. The van der Waals surface area contributed by atoms with Crippen LogP contribution in [0.1, 0.15) is 19.4 Å². The number of hydrogen-bond donors (Lipinski definition) is 2. The Morgan fingerprint density at radius 2 is 2.00 bits per heavy atom. The molecule has 0 aromatic heterocycles. The molecule has 2 N–H and O–H groups in total. The molecule has 0 atom stereocenters. The average Bonchev–Trinajstić information content (AvgIpc) is 2.39. The lowest BCUT2D eigenvalue weighted by Gasteiger charge is -2.23. The minimum atomic E-state index is -1.06. The number of aliphatic carboxylic acids is 1. The lowest BCUT2D eigenvalue weighted by molar-refractivity contribution is -0.137. The summed E-state index contributed by atoms with van der Waals surface area (Å²) in [6.07, 6.45) is 0.362. The van der Waals surface area contributed by atoms with Gasteiger partial charge < -0.3 is 15.3 Å². The third kappa shape index (κ3) is 6.25. The van der Waals surface area contributed by atoms with Gasteiger partial charge in [0.25, 0.3) is 0 Å². The first kappa shape index (κ1) is 16.9. The van der Waals surface area contributed by atoms with Gasteiger partial charge in [0, 0.05) is 13.1 Å². The summed E-state index contributed by atoms with van der Waals surface area (Å²) in [5, 5.41) is 11.4. The van der Waals surface area contributed by atoms with Crippen LogP contribution in [0.15, 0.2) is 24.3 Å². The van der Waals surface area contributed by atoms with Gasteiger partial charge in [0.2, 0.25) is 0 Å². The maximum Gasteiger partial charge on any atom is 0.323 e. The van der Waals surface area contributed by atoms with Crippen LogP contribution >= 0.6 is 0 Å². The summed E-state index contributed by atoms with van der Waals surface area (Å²) < 4.78 is 13.4. The molecule has 116 valence electrons. The second-order valence-corrected chi connectivity index (χ2v) is 5.24. The fourth-order valence-corrected chi connectivity index (χ4v) is 1.94. The SMILES string of the molecule is CC(C)CN(CC(=O)O)C(=O)NCCc1ccccc1F. The van der Waals surface area contributed by atoms with Crippen LogP contribution in [0.25, 0.3) is 0 Å². The number of halogens is 1. The summed E-state index contributed by atoms with van der Waals surface area (Å²) in [5.74, 6) is -1.20. The van der Waals surface area contributed by atoms with Crippen molar-refractivity contribution < 1.29 is 19.1 Å². The molecule has 0 fully saturated rings. The normalized spacial score (nSPS) is 10.5. The van der Waals surface area contributed by atoms with Gasteiger partial charge in [-0.05, 0) is 24.0 Å². The Morgan fingerprint density at radius 3 is 2.57 bits per heavy atom. The highest BCUT2D eigenvalue weighted by molar-refractivity contribution is 5.80. The van der Waals surface area contributed by atoms with Crippen molar-refractivity contribution in [3.05, 3.63) is 35.6 Å². The summed E-state index contributed by atoms with van der Waals surface area (Å²) >= 11 is 0. The standard InChI is InChI=1S/C15H21FN2O3/c1-11(2)9-18(10-14(19)20)15(21)17-8-7-12-5-3-4-6-13(12)16/h3-6,11H,7-10H2,1-2H3,(H,17,21)(H,19,20). The maximum atomic E-state index is 13.4. The van der Waals surface area contributed by atoms with Crippen molar-refractivity contribution in [1.82, 2.24) is 10.2 Å². The predicted octanol–water partition coefficient (Wildman–Crippen LogP) is 2.12. The largest absolute Gasteiger partial charge is 0.480 e. The Labute approximate surface area is 123 Å². The number of rotatable bonds is 7. The Balaban J connectivity index is 2.49. The van der Waals surface area contributed by atoms with Gasteiger partial charge in [0.05, 0.1) is 0 Å². The second kappa shape index (κ2) is 8.24. The number of carbonyl (C=O) groups excluding carboxylic acids is 1. The first-order valence-electron chi connectivity index (χ1n) is 6.88. The fourth-order valence-electron chi connectivity index (χ4n) is 1.94. The number of nitrogens with zero attached hydrogens (tertiary/aromatic N) is 1. The molecule has 0 aliphatic carbocycles. The average molecular weight is 296 g/mol. The van der Waals surface area contributed by atoms with E-state index in [2.05, 4.69) is 5.32 Å². The third-order valence-electron chi connectivity index (χ3n) is 2.83. The lowest BCUT2D eigenvalue weighted by atomic mass is 10.1. The van der Waals surface area contributed by atoms with Crippen molar-refractivity contribution in [3.63, 3.8) is 0 Å². The first-order chi connectivity index (χ1) is 9.90. The monoisotopic (exact) mass is 296 g/mol. The van der Waals surface area contributed by atoms with Crippen LogP contribution in [0.2, 0.25) is 0 Å². The topological polar surface area (TPSA) is 69.6 Å². The molecule has 0 unspecified atom stereocenters. The Hall–Kier alpha value is -2.11. The molecule has 1 rings (SSSR count). The molecular formula is C15H21FN2O3. The highest BCUT2D eigenvalue weighted by Gasteiger charge is 2.17. The summed E-state index contributed by atoms with van der Waals surface area (Å²) in [7, 11) is 0. The lowest BCUT2D eigenvalue weighted by Crippen LogP contribution is -2.45. The van der Waals surface area contributed by atoms with Crippen molar-refractivity contribution in [1.29, 1.82) is 0 Å². The number of urea groups is 1. The molecule has 0 radical (unpaired) electrons. The first-order valence-corrected chi connectivity index (χ1v) is 6.88. The molecule has 5 nitrogen and oxygen atoms in total. The van der Waals surface area contributed by atoms with E-state index in [1.165, 1.54) is 11.0 Å². The van der Waals surface area contributed by atoms with Crippen LogP contribution in [0.3, 0.4) is 0 Å². The van der Waals surface area contributed by atoms with E-state index in [0.29, 0.717) is 18.5 Å². The van der Waals surface area contributed by atoms with Gasteiger partial charge in [0.15, 0.2) is 0 Å². The fraction of sp³-hybridized carbons (Fsp3) is 0.467. The van der Waals surface area contributed by atoms with Gasteiger partial charge >= 0.3 is 12.0 Å². The van der Waals surface area contributed by atoms with Crippen LogP contribution in [-0.4, -0.2) is 41.6 Å². The van der Waals surface area contributed by atoms with E-state index in [4.69, 9.17) is 5.11 Å². The van der Waals surface area contributed by atoms with E-state index in [0.717, 1.165) is 0 Å². The molecule has 0 bridgehead atoms. The zero-order chi connectivity index (χ0) is 15.8. The zero-order valence-electron chi connectivity index (χ0n) is 12.3.